The third kappa shape index (κ3) is 2.69. The number of halogens is 1. The molecule has 3 nitrogen and oxygen atoms in total. The first-order chi connectivity index (χ1) is 9.19. The highest BCUT2D eigenvalue weighted by atomic mass is 79.9. The molecular weight excluding hydrogens is 304 g/mol. The predicted molar refractivity (Wildman–Crippen MR) is 78.0 cm³/mol. The van der Waals surface area contributed by atoms with Crippen LogP contribution in [0.3, 0.4) is 0 Å². The van der Waals surface area contributed by atoms with Crippen LogP contribution in [0.15, 0.2) is 22.9 Å². The molecule has 1 aromatic rings. The number of rotatable bonds is 1. The Morgan fingerprint density at radius 1 is 1.16 bits per heavy atom. The molecule has 3 rings (SSSR count). The van der Waals surface area contributed by atoms with Gasteiger partial charge >= 0.3 is 0 Å². The third-order valence-corrected chi connectivity index (χ3v) is 5.22. The van der Waals surface area contributed by atoms with E-state index >= 15 is 0 Å². The van der Waals surface area contributed by atoms with Crippen molar-refractivity contribution in [1.82, 2.24) is 9.88 Å². The number of likely N-dealkylation sites (tertiary alicyclic amines) is 1. The first-order valence-corrected chi connectivity index (χ1v) is 7.89. The van der Waals surface area contributed by atoms with Gasteiger partial charge in [-0.25, -0.2) is 4.98 Å². The van der Waals surface area contributed by atoms with E-state index in [1.807, 2.05) is 17.0 Å². The Morgan fingerprint density at radius 3 is 2.42 bits per heavy atom. The molecule has 102 valence electrons. The summed E-state index contributed by atoms with van der Waals surface area (Å²) in [4.78, 5) is 18.5. The highest BCUT2D eigenvalue weighted by Gasteiger charge is 2.38. The normalized spacial score (nSPS) is 21.8. The van der Waals surface area contributed by atoms with Gasteiger partial charge in [-0.15, -0.1) is 0 Å². The molecule has 1 aliphatic carbocycles. The summed E-state index contributed by atoms with van der Waals surface area (Å²) in [5.41, 5.74) is 1.26. The number of nitrogens with zero attached hydrogens (tertiary/aromatic N) is 2. The maximum absolute atomic E-state index is 12.4. The molecule has 1 aromatic heterocycles. The van der Waals surface area contributed by atoms with E-state index in [9.17, 15) is 4.79 Å². The number of amides is 1. The number of pyridine rings is 1. The SMILES string of the molecule is O=C(c1ccc(Br)nc1)N1CCC2(CCCC2)CC1. The molecule has 2 fully saturated rings. The van der Waals surface area contributed by atoms with Gasteiger partial charge in [0.15, 0.2) is 0 Å². The van der Waals surface area contributed by atoms with Gasteiger partial charge in [-0.05, 0) is 59.2 Å². The highest BCUT2D eigenvalue weighted by molar-refractivity contribution is 9.10. The van der Waals surface area contributed by atoms with Gasteiger partial charge in [0, 0.05) is 19.3 Å². The number of carbonyl (C=O) groups is 1. The highest BCUT2D eigenvalue weighted by Crippen LogP contribution is 2.46. The van der Waals surface area contributed by atoms with Crippen molar-refractivity contribution >= 4 is 21.8 Å². The first-order valence-electron chi connectivity index (χ1n) is 7.09. The Bertz CT molecular complexity index is 456. The maximum Gasteiger partial charge on any atom is 0.255 e. The summed E-state index contributed by atoms with van der Waals surface area (Å²) in [6.07, 6.45) is 9.52. The van der Waals surface area contributed by atoms with Gasteiger partial charge < -0.3 is 4.90 Å². The Hall–Kier alpha value is -0.900. The summed E-state index contributed by atoms with van der Waals surface area (Å²) in [6.45, 7) is 1.82. The van der Waals surface area contributed by atoms with E-state index in [1.54, 1.807) is 6.20 Å². The number of aromatic nitrogens is 1. The minimum absolute atomic E-state index is 0.132. The molecule has 1 saturated heterocycles. The van der Waals surface area contributed by atoms with Crippen molar-refractivity contribution in [3.05, 3.63) is 28.5 Å². The van der Waals surface area contributed by atoms with Gasteiger partial charge in [0.25, 0.3) is 5.91 Å². The van der Waals surface area contributed by atoms with Crippen LogP contribution in [0.1, 0.15) is 48.9 Å². The smallest absolute Gasteiger partial charge is 0.255 e. The van der Waals surface area contributed by atoms with Gasteiger partial charge in [-0.3, -0.25) is 4.79 Å². The number of hydrogen-bond acceptors (Lipinski definition) is 2. The fraction of sp³-hybridized carbons (Fsp3) is 0.600. The molecule has 1 spiro atoms. The Labute approximate surface area is 122 Å². The third-order valence-electron chi connectivity index (χ3n) is 4.75. The second-order valence-electron chi connectivity index (χ2n) is 5.87. The molecule has 2 aliphatic rings. The molecule has 0 N–H and O–H groups in total. The molecule has 19 heavy (non-hydrogen) atoms. The second-order valence-corrected chi connectivity index (χ2v) is 6.68. The second kappa shape index (κ2) is 5.23. The minimum atomic E-state index is 0.132. The Balaban J connectivity index is 1.64. The molecule has 0 radical (unpaired) electrons. The molecule has 1 aliphatic heterocycles. The summed E-state index contributed by atoms with van der Waals surface area (Å²) in [5.74, 6) is 0.132. The molecule has 1 saturated carbocycles. The lowest BCUT2D eigenvalue weighted by atomic mass is 9.77. The lowest BCUT2D eigenvalue weighted by Gasteiger charge is -2.39. The van der Waals surface area contributed by atoms with Crippen LogP contribution in [0.2, 0.25) is 0 Å². The molecule has 0 aromatic carbocycles. The van der Waals surface area contributed by atoms with E-state index in [-0.39, 0.29) is 5.91 Å². The van der Waals surface area contributed by atoms with Crippen molar-refractivity contribution in [1.29, 1.82) is 0 Å². The average molecular weight is 323 g/mol. The van der Waals surface area contributed by atoms with Crippen molar-refractivity contribution in [2.24, 2.45) is 5.41 Å². The monoisotopic (exact) mass is 322 g/mol. The van der Waals surface area contributed by atoms with Gasteiger partial charge in [0.05, 0.1) is 5.56 Å². The lowest BCUT2D eigenvalue weighted by molar-refractivity contribution is 0.0587. The van der Waals surface area contributed by atoms with Gasteiger partial charge in [-0.2, -0.15) is 0 Å². The number of hydrogen-bond donors (Lipinski definition) is 0. The molecule has 1 amide bonds. The number of piperidine rings is 1. The van der Waals surface area contributed by atoms with Gasteiger partial charge in [0.1, 0.15) is 4.60 Å². The van der Waals surface area contributed by atoms with E-state index in [1.165, 1.54) is 38.5 Å². The molecule has 0 unspecified atom stereocenters. The molecule has 0 atom stereocenters. The average Bonchev–Trinajstić information content (AvgIpc) is 2.88. The van der Waals surface area contributed by atoms with Crippen LogP contribution >= 0.6 is 15.9 Å². The molecule has 4 heteroatoms. The Kier molecular flexibility index (Phi) is 3.61. The topological polar surface area (TPSA) is 33.2 Å². The zero-order valence-electron chi connectivity index (χ0n) is 11.1. The minimum Gasteiger partial charge on any atom is -0.339 e. The first kappa shape index (κ1) is 13.1. The van der Waals surface area contributed by atoms with E-state index in [0.717, 1.165) is 17.7 Å². The molecule has 2 heterocycles. The molecular formula is C15H19BrN2O. The maximum atomic E-state index is 12.4. The summed E-state index contributed by atoms with van der Waals surface area (Å²) >= 11 is 3.30. The van der Waals surface area contributed by atoms with Crippen LogP contribution in [-0.2, 0) is 0 Å². The van der Waals surface area contributed by atoms with E-state index in [4.69, 9.17) is 0 Å². The summed E-state index contributed by atoms with van der Waals surface area (Å²) in [5, 5.41) is 0. The van der Waals surface area contributed by atoms with E-state index < -0.39 is 0 Å². The summed E-state index contributed by atoms with van der Waals surface area (Å²) in [7, 11) is 0. The predicted octanol–water partition coefficient (Wildman–Crippen LogP) is 3.64. The van der Waals surface area contributed by atoms with Crippen molar-refractivity contribution < 1.29 is 4.79 Å². The Morgan fingerprint density at radius 2 is 1.84 bits per heavy atom. The number of carbonyl (C=O) groups excluding carboxylic acids is 1. The standard InChI is InChI=1S/C15H19BrN2O/c16-13-4-3-12(11-17-13)14(19)18-9-7-15(8-10-18)5-1-2-6-15/h3-4,11H,1-2,5-10H2. The van der Waals surface area contributed by atoms with Crippen LogP contribution in [0.4, 0.5) is 0 Å². The van der Waals surface area contributed by atoms with Crippen LogP contribution in [0.5, 0.6) is 0 Å². The largest absolute Gasteiger partial charge is 0.339 e. The van der Waals surface area contributed by atoms with Crippen LogP contribution < -0.4 is 0 Å². The van der Waals surface area contributed by atoms with E-state index in [0.29, 0.717) is 11.0 Å². The zero-order valence-corrected chi connectivity index (χ0v) is 12.7. The van der Waals surface area contributed by atoms with Gasteiger partial charge in [0.2, 0.25) is 0 Å². The zero-order chi connectivity index (χ0) is 13.3. The van der Waals surface area contributed by atoms with Crippen molar-refractivity contribution in [3.8, 4) is 0 Å². The van der Waals surface area contributed by atoms with Crippen molar-refractivity contribution in [2.45, 2.75) is 38.5 Å². The van der Waals surface area contributed by atoms with Crippen LogP contribution in [0.25, 0.3) is 0 Å². The fourth-order valence-electron chi connectivity index (χ4n) is 3.49. The van der Waals surface area contributed by atoms with E-state index in [2.05, 4.69) is 20.9 Å². The fourth-order valence-corrected chi connectivity index (χ4v) is 3.73. The lowest BCUT2D eigenvalue weighted by Crippen LogP contribution is -2.42. The van der Waals surface area contributed by atoms with Gasteiger partial charge in [-0.1, -0.05) is 12.8 Å². The quantitative estimate of drug-likeness (QED) is 0.739. The van der Waals surface area contributed by atoms with Crippen molar-refractivity contribution in [3.63, 3.8) is 0 Å². The summed E-state index contributed by atoms with van der Waals surface area (Å²) in [6, 6.07) is 3.68. The van der Waals surface area contributed by atoms with Crippen LogP contribution in [0, 0.1) is 5.41 Å². The van der Waals surface area contributed by atoms with Crippen molar-refractivity contribution in [2.75, 3.05) is 13.1 Å². The summed E-state index contributed by atoms with van der Waals surface area (Å²) < 4.78 is 0.771. The molecule has 0 bridgehead atoms. The van der Waals surface area contributed by atoms with Crippen LogP contribution in [-0.4, -0.2) is 28.9 Å².